The van der Waals surface area contributed by atoms with E-state index in [-0.39, 0.29) is 12.5 Å². The van der Waals surface area contributed by atoms with Crippen LogP contribution in [-0.4, -0.2) is 50.8 Å². The van der Waals surface area contributed by atoms with Crippen LogP contribution in [0.5, 0.6) is 0 Å². The van der Waals surface area contributed by atoms with Crippen LogP contribution in [0.1, 0.15) is 32.1 Å². The van der Waals surface area contributed by atoms with Gasteiger partial charge in [-0.2, -0.15) is 0 Å². The van der Waals surface area contributed by atoms with E-state index in [0.717, 1.165) is 24.9 Å². The third kappa shape index (κ3) is 3.69. The van der Waals surface area contributed by atoms with Crippen molar-refractivity contribution in [3.05, 3.63) is 0 Å². The average Bonchev–Trinajstić information content (AvgIpc) is 2.43. The first kappa shape index (κ1) is 13.8. The molecule has 18 heavy (non-hydrogen) atoms. The van der Waals surface area contributed by atoms with Crippen LogP contribution < -0.4 is 0 Å². The normalized spacial score (nSPS) is 27.9. The monoisotopic (exact) mass is 255 g/mol. The molecular weight excluding hydrogens is 230 g/mol. The number of piperidine rings is 1. The first-order valence-electron chi connectivity index (χ1n) is 7.15. The Balaban J connectivity index is 1.71. The third-order valence-corrected chi connectivity index (χ3v) is 4.30. The molecule has 2 atom stereocenters. The number of nitrogens with zero attached hydrogens (tertiary/aromatic N) is 1. The maximum absolute atomic E-state index is 12.0. The van der Waals surface area contributed by atoms with Crippen molar-refractivity contribution in [2.24, 2.45) is 11.8 Å². The van der Waals surface area contributed by atoms with Crippen molar-refractivity contribution in [3.63, 3.8) is 0 Å². The predicted molar refractivity (Wildman–Crippen MR) is 69.3 cm³/mol. The Morgan fingerprint density at radius 3 is 2.72 bits per heavy atom. The summed E-state index contributed by atoms with van der Waals surface area (Å²) < 4.78 is 10.2. The van der Waals surface area contributed by atoms with Crippen molar-refractivity contribution in [1.29, 1.82) is 0 Å². The van der Waals surface area contributed by atoms with Gasteiger partial charge in [0.1, 0.15) is 6.61 Å². The van der Waals surface area contributed by atoms with Crippen molar-refractivity contribution in [2.45, 2.75) is 32.1 Å². The summed E-state index contributed by atoms with van der Waals surface area (Å²) >= 11 is 0. The number of hydrogen-bond donors (Lipinski definition) is 0. The maximum Gasteiger partial charge on any atom is 0.248 e. The van der Waals surface area contributed by atoms with Gasteiger partial charge in [-0.05, 0) is 24.7 Å². The van der Waals surface area contributed by atoms with E-state index in [0.29, 0.717) is 13.2 Å². The lowest BCUT2D eigenvalue weighted by atomic mass is 9.75. The minimum Gasteiger partial charge on any atom is -0.382 e. The zero-order valence-corrected chi connectivity index (χ0v) is 11.4. The van der Waals surface area contributed by atoms with Crippen LogP contribution in [0.15, 0.2) is 0 Å². The average molecular weight is 255 g/mol. The second kappa shape index (κ2) is 7.10. The largest absolute Gasteiger partial charge is 0.382 e. The smallest absolute Gasteiger partial charge is 0.248 e. The molecule has 0 radical (unpaired) electrons. The minimum atomic E-state index is 0.148. The summed E-state index contributed by atoms with van der Waals surface area (Å²) in [6, 6.07) is 0. The number of amides is 1. The molecule has 2 fully saturated rings. The fraction of sp³-hybridized carbons (Fsp3) is 0.929. The van der Waals surface area contributed by atoms with E-state index >= 15 is 0 Å². The Bertz CT molecular complexity index is 270. The van der Waals surface area contributed by atoms with Crippen LogP contribution in [0.4, 0.5) is 0 Å². The fourth-order valence-electron chi connectivity index (χ4n) is 3.22. The fourth-order valence-corrected chi connectivity index (χ4v) is 3.22. The highest BCUT2D eigenvalue weighted by molar-refractivity contribution is 5.77. The summed E-state index contributed by atoms with van der Waals surface area (Å²) in [7, 11) is 1.64. The van der Waals surface area contributed by atoms with Gasteiger partial charge in [-0.15, -0.1) is 0 Å². The molecule has 0 spiro atoms. The molecule has 104 valence electrons. The number of ether oxygens (including phenoxy) is 2. The summed E-state index contributed by atoms with van der Waals surface area (Å²) in [6.45, 7) is 3.14. The second-order valence-corrected chi connectivity index (χ2v) is 5.48. The Morgan fingerprint density at radius 2 is 1.94 bits per heavy atom. The van der Waals surface area contributed by atoms with Crippen LogP contribution in [0, 0.1) is 11.8 Å². The molecule has 2 rings (SSSR count). The molecule has 1 amide bonds. The molecule has 1 heterocycles. The van der Waals surface area contributed by atoms with E-state index in [2.05, 4.69) is 0 Å². The van der Waals surface area contributed by atoms with Crippen molar-refractivity contribution >= 4 is 5.91 Å². The lowest BCUT2D eigenvalue weighted by molar-refractivity contribution is -0.139. The standard InChI is InChI=1S/C14H25NO3/c1-17-8-9-18-11-14(16)15-7-6-12-4-2-3-5-13(12)10-15/h12-13H,2-11H2,1H3. The Hall–Kier alpha value is -0.610. The zero-order valence-electron chi connectivity index (χ0n) is 11.4. The Kier molecular flexibility index (Phi) is 5.45. The highest BCUT2D eigenvalue weighted by Gasteiger charge is 2.32. The molecular formula is C14H25NO3. The molecule has 0 aromatic heterocycles. The van der Waals surface area contributed by atoms with Gasteiger partial charge in [-0.3, -0.25) is 4.79 Å². The lowest BCUT2D eigenvalue weighted by Gasteiger charge is -2.41. The highest BCUT2D eigenvalue weighted by Crippen LogP contribution is 2.35. The van der Waals surface area contributed by atoms with Gasteiger partial charge in [-0.25, -0.2) is 0 Å². The van der Waals surface area contributed by atoms with Gasteiger partial charge in [0.05, 0.1) is 13.2 Å². The molecule has 4 heteroatoms. The highest BCUT2D eigenvalue weighted by atomic mass is 16.5. The number of methoxy groups -OCH3 is 1. The SMILES string of the molecule is COCCOCC(=O)N1CCC2CCCCC2C1. The quantitative estimate of drug-likeness (QED) is 0.702. The molecule has 1 aliphatic heterocycles. The number of hydrogen-bond acceptors (Lipinski definition) is 3. The third-order valence-electron chi connectivity index (χ3n) is 4.30. The van der Waals surface area contributed by atoms with E-state index in [9.17, 15) is 4.79 Å². The van der Waals surface area contributed by atoms with E-state index in [1.807, 2.05) is 4.90 Å². The summed E-state index contributed by atoms with van der Waals surface area (Å²) in [5.41, 5.74) is 0. The summed E-state index contributed by atoms with van der Waals surface area (Å²) in [6.07, 6.45) is 6.59. The van der Waals surface area contributed by atoms with Gasteiger partial charge >= 0.3 is 0 Å². The molecule has 1 saturated carbocycles. The zero-order chi connectivity index (χ0) is 12.8. The van der Waals surface area contributed by atoms with Gasteiger partial charge in [0, 0.05) is 20.2 Å². The lowest BCUT2D eigenvalue weighted by Crippen LogP contribution is -2.46. The number of likely N-dealkylation sites (tertiary alicyclic amines) is 1. The van der Waals surface area contributed by atoms with Gasteiger partial charge < -0.3 is 14.4 Å². The second-order valence-electron chi connectivity index (χ2n) is 5.48. The number of rotatable bonds is 5. The first-order chi connectivity index (χ1) is 8.81. The molecule has 0 bridgehead atoms. The Morgan fingerprint density at radius 1 is 1.17 bits per heavy atom. The molecule has 0 N–H and O–H groups in total. The number of fused-ring (bicyclic) bond motifs is 1. The van der Waals surface area contributed by atoms with E-state index in [1.165, 1.54) is 32.1 Å². The van der Waals surface area contributed by atoms with Gasteiger partial charge in [0.25, 0.3) is 0 Å². The van der Waals surface area contributed by atoms with E-state index < -0.39 is 0 Å². The van der Waals surface area contributed by atoms with Crippen LogP contribution in [0.3, 0.4) is 0 Å². The minimum absolute atomic E-state index is 0.148. The van der Waals surface area contributed by atoms with Gasteiger partial charge in [-0.1, -0.05) is 19.3 Å². The van der Waals surface area contributed by atoms with Crippen LogP contribution >= 0.6 is 0 Å². The topological polar surface area (TPSA) is 38.8 Å². The maximum atomic E-state index is 12.0. The Labute approximate surface area is 110 Å². The van der Waals surface area contributed by atoms with E-state index in [1.54, 1.807) is 7.11 Å². The first-order valence-corrected chi connectivity index (χ1v) is 7.15. The molecule has 1 saturated heterocycles. The molecule has 2 unspecified atom stereocenters. The number of carbonyl (C=O) groups is 1. The summed E-state index contributed by atoms with van der Waals surface area (Å²) in [5, 5.41) is 0. The van der Waals surface area contributed by atoms with Crippen molar-refractivity contribution in [3.8, 4) is 0 Å². The van der Waals surface area contributed by atoms with Crippen molar-refractivity contribution in [1.82, 2.24) is 4.90 Å². The summed E-state index contributed by atoms with van der Waals surface area (Å²) in [5.74, 6) is 1.77. The number of carbonyl (C=O) groups excluding carboxylic acids is 1. The van der Waals surface area contributed by atoms with Gasteiger partial charge in [0.2, 0.25) is 5.91 Å². The van der Waals surface area contributed by atoms with Crippen LogP contribution in [0.25, 0.3) is 0 Å². The molecule has 1 aliphatic carbocycles. The van der Waals surface area contributed by atoms with Crippen LogP contribution in [-0.2, 0) is 14.3 Å². The predicted octanol–water partition coefficient (Wildman–Crippen LogP) is 1.69. The van der Waals surface area contributed by atoms with E-state index in [4.69, 9.17) is 9.47 Å². The van der Waals surface area contributed by atoms with Crippen molar-refractivity contribution in [2.75, 3.05) is 40.0 Å². The van der Waals surface area contributed by atoms with Crippen molar-refractivity contribution < 1.29 is 14.3 Å². The van der Waals surface area contributed by atoms with Gasteiger partial charge in [0.15, 0.2) is 0 Å². The molecule has 0 aromatic rings. The molecule has 4 nitrogen and oxygen atoms in total. The molecule has 2 aliphatic rings. The summed E-state index contributed by atoms with van der Waals surface area (Å²) in [4.78, 5) is 14.0. The van der Waals surface area contributed by atoms with Crippen LogP contribution in [0.2, 0.25) is 0 Å². The molecule has 0 aromatic carbocycles.